The first kappa shape index (κ1) is 50.0. The van der Waals surface area contributed by atoms with Crippen molar-refractivity contribution in [1.29, 1.82) is 10.8 Å². The number of hydrogen-bond acceptors (Lipinski definition) is 11. The Hall–Kier alpha value is -6.92. The van der Waals surface area contributed by atoms with Crippen LogP contribution >= 0.6 is 23.2 Å². The normalized spacial score (nSPS) is 14.4. The van der Waals surface area contributed by atoms with E-state index in [2.05, 4.69) is 20.6 Å². The van der Waals surface area contributed by atoms with Crippen LogP contribution in [0.2, 0.25) is 10.0 Å². The molecule has 2 aliphatic heterocycles. The molecule has 4 aromatic carbocycles. The van der Waals surface area contributed by atoms with Crippen molar-refractivity contribution in [2.45, 2.75) is 12.8 Å². The lowest BCUT2D eigenvalue weighted by molar-refractivity contribution is 0.0980. The van der Waals surface area contributed by atoms with E-state index < -0.39 is 20.6 Å². The van der Waals surface area contributed by atoms with E-state index >= 15 is 0 Å². The van der Waals surface area contributed by atoms with Crippen molar-refractivity contribution in [2.24, 2.45) is 0 Å². The number of benzene rings is 4. The van der Waals surface area contributed by atoms with Crippen LogP contribution in [0.1, 0.15) is 63.7 Å². The second-order valence-electron chi connectivity index (χ2n) is 16.0. The molecule has 19 heteroatoms. The molecule has 2 aliphatic rings. The number of carbonyl (C=O) groups is 4. The fourth-order valence-electron chi connectivity index (χ4n) is 7.40. The second kappa shape index (κ2) is 22.9. The van der Waals surface area contributed by atoms with Crippen molar-refractivity contribution in [2.75, 3.05) is 59.8 Å². The number of Topliss-reactive ketones (excluding diaryl/α,β-unsaturated/α-hetero) is 2. The molecular weight excluding hydrogens is 960 g/mol. The third kappa shape index (κ3) is 13.6. The molecule has 0 spiro atoms. The van der Waals surface area contributed by atoms with E-state index in [0.29, 0.717) is 96.6 Å². The molecule has 6 aromatic rings. The Morgan fingerprint density at radius 3 is 1.32 bits per heavy atom. The van der Waals surface area contributed by atoms with Gasteiger partial charge in [0.05, 0.1) is 21.6 Å². The number of nitrogens with zero attached hydrogens (tertiary/aromatic N) is 4. The zero-order chi connectivity index (χ0) is 49.1. The maximum Gasteiger partial charge on any atom is 0.257 e. The summed E-state index contributed by atoms with van der Waals surface area (Å²) in [6, 6.07) is 33.9. The van der Waals surface area contributed by atoms with E-state index in [9.17, 15) is 31.8 Å². The number of halogens is 2. The first-order chi connectivity index (χ1) is 33.1. The number of ketones is 2. The smallest absolute Gasteiger partial charge is 0.257 e. The van der Waals surface area contributed by atoms with Gasteiger partial charge in [-0.3, -0.25) is 34.2 Å². The molecule has 2 fully saturated rings. The highest BCUT2D eigenvalue weighted by Gasteiger charge is 2.25. The van der Waals surface area contributed by atoms with Crippen LogP contribution in [-0.4, -0.2) is 117 Å². The summed E-state index contributed by atoms with van der Waals surface area (Å²) in [5.74, 6) is 1.50. The Kier molecular flexibility index (Phi) is 16.6. The van der Waals surface area contributed by atoms with E-state index in [-0.39, 0.29) is 66.7 Å². The highest BCUT2D eigenvalue weighted by atomic mass is 35.5. The summed E-state index contributed by atoms with van der Waals surface area (Å²) in [4.78, 5) is 63.2. The van der Waals surface area contributed by atoms with Gasteiger partial charge in [0.1, 0.15) is 23.3 Å². The van der Waals surface area contributed by atoms with Gasteiger partial charge < -0.3 is 20.4 Å². The Balaban J connectivity index is 0.000000204. The van der Waals surface area contributed by atoms with Crippen molar-refractivity contribution in [3.8, 4) is 0 Å². The topological polar surface area (TPSA) is 224 Å². The number of carbonyl (C=O) groups excluding carboxylic acids is 4. The van der Waals surface area contributed by atoms with Crippen molar-refractivity contribution in [3.63, 3.8) is 0 Å². The molecule has 0 atom stereocenters. The molecule has 4 N–H and O–H groups in total. The van der Waals surface area contributed by atoms with Crippen molar-refractivity contribution in [3.05, 3.63) is 188 Å². The van der Waals surface area contributed by atoms with E-state index in [1.165, 1.54) is 12.4 Å². The maximum atomic E-state index is 12.9. The van der Waals surface area contributed by atoms with E-state index in [1.54, 1.807) is 126 Å². The molecule has 15 nitrogen and oxygen atoms in total. The minimum absolute atomic E-state index is 0.0262. The molecule has 0 aliphatic carbocycles. The monoisotopic (exact) mass is 1000 g/mol. The lowest BCUT2D eigenvalue weighted by Crippen LogP contribution is -2.43. The summed E-state index contributed by atoms with van der Waals surface area (Å²) in [6.07, 6.45) is 2.97. The summed E-state index contributed by atoms with van der Waals surface area (Å²) in [6.45, 7) is 1.76. The molecule has 0 saturated carbocycles. The SMILES string of the molecule is N=C(c1ccc(C(=O)Cc2ccccc2C(=O)Nc2ccc(Cl)cn2)cc1)N1CCS(=O)(=O)CC1.N=C(c1ccc(C(=O)Cc2ccccc2C(=O)Nc2ccc(Cl)cn2)cc1)N1CCS(=O)CC1. The van der Waals surface area contributed by atoms with Crippen LogP contribution in [0.4, 0.5) is 11.6 Å². The fraction of sp³-hybridized carbons (Fsp3) is 0.200. The zero-order valence-electron chi connectivity index (χ0n) is 37.0. The van der Waals surface area contributed by atoms with E-state index in [1.807, 2.05) is 4.90 Å². The van der Waals surface area contributed by atoms with Crippen LogP contribution in [0.3, 0.4) is 0 Å². The number of sulfone groups is 1. The summed E-state index contributed by atoms with van der Waals surface area (Å²) < 4.78 is 34.8. The van der Waals surface area contributed by atoms with Gasteiger partial charge in [-0.15, -0.1) is 0 Å². The Bertz CT molecular complexity index is 3010. The summed E-state index contributed by atoms with van der Waals surface area (Å²) in [7, 11) is -3.83. The van der Waals surface area contributed by atoms with Gasteiger partial charge in [-0.1, -0.05) is 108 Å². The molecule has 0 radical (unpaired) electrons. The van der Waals surface area contributed by atoms with Crippen LogP contribution in [0.25, 0.3) is 0 Å². The van der Waals surface area contributed by atoms with Gasteiger partial charge in [0, 0.05) is 107 Å². The highest BCUT2D eigenvalue weighted by molar-refractivity contribution is 7.91. The number of anilines is 2. The third-order valence-corrected chi connectivity index (χ3v) is 14.6. The average molecular weight is 1010 g/mol. The van der Waals surface area contributed by atoms with Gasteiger partial charge in [-0.25, -0.2) is 18.4 Å². The van der Waals surface area contributed by atoms with Gasteiger partial charge in [0.25, 0.3) is 11.8 Å². The molecule has 2 amide bonds. The Labute approximate surface area is 411 Å². The van der Waals surface area contributed by atoms with Crippen molar-refractivity contribution < 1.29 is 31.8 Å². The summed E-state index contributed by atoms with van der Waals surface area (Å²) >= 11 is 11.7. The van der Waals surface area contributed by atoms with Crippen molar-refractivity contribution in [1.82, 2.24) is 19.8 Å². The molecule has 354 valence electrons. The molecule has 4 heterocycles. The molecule has 69 heavy (non-hydrogen) atoms. The molecule has 2 aromatic heterocycles. The van der Waals surface area contributed by atoms with Crippen LogP contribution in [0.15, 0.2) is 134 Å². The summed E-state index contributed by atoms with van der Waals surface area (Å²) in [5, 5.41) is 23.2. The predicted molar refractivity (Wildman–Crippen MR) is 270 cm³/mol. The lowest BCUT2D eigenvalue weighted by Gasteiger charge is -2.29. The quantitative estimate of drug-likeness (QED) is 0.0542. The molecule has 0 unspecified atom stereocenters. The first-order valence-corrected chi connectivity index (χ1v) is 25.7. The van der Waals surface area contributed by atoms with Gasteiger partial charge in [-0.05, 0) is 47.5 Å². The number of hydrogen-bond donors (Lipinski definition) is 4. The fourth-order valence-corrected chi connectivity index (χ4v) is 9.88. The Morgan fingerprint density at radius 2 is 0.928 bits per heavy atom. The van der Waals surface area contributed by atoms with Crippen LogP contribution in [0.5, 0.6) is 0 Å². The molecule has 8 rings (SSSR count). The number of nitrogens with one attached hydrogen (secondary N) is 4. The molecular formula is C50H46Cl2N8O7S2. The first-order valence-electron chi connectivity index (χ1n) is 21.6. The van der Waals surface area contributed by atoms with E-state index in [4.69, 9.17) is 34.0 Å². The minimum atomic E-state index is -3.03. The average Bonchev–Trinajstić information content (AvgIpc) is 3.35. The van der Waals surface area contributed by atoms with Gasteiger partial charge in [0.2, 0.25) is 0 Å². The number of amides is 2. The zero-order valence-corrected chi connectivity index (χ0v) is 40.1. The third-order valence-electron chi connectivity index (χ3n) is 11.3. The summed E-state index contributed by atoms with van der Waals surface area (Å²) in [5.41, 5.74) is 4.23. The predicted octanol–water partition coefficient (Wildman–Crippen LogP) is 7.27. The van der Waals surface area contributed by atoms with Crippen LogP contribution < -0.4 is 10.6 Å². The molecule has 2 saturated heterocycles. The number of rotatable bonds is 12. The number of aromatic nitrogens is 2. The lowest BCUT2D eigenvalue weighted by atomic mass is 9.97. The molecule has 0 bridgehead atoms. The van der Waals surface area contributed by atoms with E-state index in [0.717, 1.165) is 0 Å². The largest absolute Gasteiger partial charge is 0.355 e. The van der Waals surface area contributed by atoms with Gasteiger partial charge in [-0.2, -0.15) is 0 Å². The van der Waals surface area contributed by atoms with Crippen molar-refractivity contribution >= 4 is 90.5 Å². The van der Waals surface area contributed by atoms with Gasteiger partial charge >= 0.3 is 0 Å². The minimum Gasteiger partial charge on any atom is -0.355 e. The Morgan fingerprint density at radius 1 is 0.551 bits per heavy atom. The second-order valence-corrected chi connectivity index (χ2v) is 20.8. The van der Waals surface area contributed by atoms with Gasteiger partial charge in [0.15, 0.2) is 21.4 Å². The highest BCUT2D eigenvalue weighted by Crippen LogP contribution is 2.20. The number of amidine groups is 2. The number of pyridine rings is 2. The van der Waals surface area contributed by atoms with Crippen LogP contribution in [0, 0.1) is 10.8 Å². The standard InChI is InChI=1S/C25H23ClN4O4S.C25H23ClN4O3S/c26-20-9-10-23(28-16-20)29-25(32)21-4-2-1-3-19(21)15-22(31)17-5-7-18(8-6-17)24(27)30-11-13-35(33,34)14-12-30;26-20-9-10-23(28-16-20)29-25(32)21-4-2-1-3-19(21)15-22(31)17-5-7-18(8-6-17)24(27)30-11-13-34(33)14-12-30/h1-10,16,27H,11-15H2,(H,28,29,32);1-10,16,27H,11-15H2,(H,28,29,32). The van der Waals surface area contributed by atoms with Crippen LogP contribution in [-0.2, 0) is 33.5 Å². The maximum absolute atomic E-state index is 12.9.